The van der Waals surface area contributed by atoms with Crippen LogP contribution in [0.5, 0.6) is 0 Å². The van der Waals surface area contributed by atoms with Gasteiger partial charge in [-0.1, -0.05) is 138 Å². The van der Waals surface area contributed by atoms with Crippen LogP contribution in [0.2, 0.25) is 0 Å². The maximum absolute atomic E-state index is 12.8. The molecule has 0 amide bonds. The van der Waals surface area contributed by atoms with E-state index in [1.165, 1.54) is 38.5 Å². The largest absolute Gasteiger partial charge is 0.457 e. The highest BCUT2D eigenvalue weighted by Gasteiger charge is 2.48. The summed E-state index contributed by atoms with van der Waals surface area (Å²) >= 11 is 0. The van der Waals surface area contributed by atoms with Crippen LogP contribution in [0.4, 0.5) is 0 Å². The number of carbonyl (C=O) groups excluding carboxylic acids is 1. The SMILES string of the molecule is CC/C=C\C/C=C\C/C=C\C/C=C\C/C=C\CCOCC(COC1OC(CO)C(O)C(OS(=O)(=O)O)C1O)OC(=O)CCCCCCC/C=C\CCCCCCCC. The van der Waals surface area contributed by atoms with Crippen LogP contribution < -0.4 is 0 Å². The number of hydrogen-bond donors (Lipinski definition) is 4. The lowest BCUT2D eigenvalue weighted by Gasteiger charge is -2.41. The van der Waals surface area contributed by atoms with Crippen molar-refractivity contribution < 1.29 is 56.2 Å². The molecule has 1 fully saturated rings. The zero-order chi connectivity index (χ0) is 42.5. The van der Waals surface area contributed by atoms with Crippen molar-refractivity contribution in [2.45, 2.75) is 179 Å². The van der Waals surface area contributed by atoms with Crippen molar-refractivity contribution in [1.29, 1.82) is 0 Å². The molecule has 0 saturated carbocycles. The zero-order valence-corrected chi connectivity index (χ0v) is 36.1. The third kappa shape index (κ3) is 29.7. The smallest absolute Gasteiger partial charge is 0.397 e. The minimum atomic E-state index is -5.07. The van der Waals surface area contributed by atoms with Crippen LogP contribution in [0.15, 0.2) is 72.9 Å². The predicted octanol–water partition coefficient (Wildman–Crippen LogP) is 8.74. The van der Waals surface area contributed by atoms with Gasteiger partial charge in [-0.25, -0.2) is 4.18 Å². The van der Waals surface area contributed by atoms with Crippen molar-refractivity contribution in [1.82, 2.24) is 0 Å². The van der Waals surface area contributed by atoms with Gasteiger partial charge in [-0.3, -0.25) is 9.35 Å². The van der Waals surface area contributed by atoms with Crippen molar-refractivity contribution in [3.05, 3.63) is 72.9 Å². The fourth-order valence-electron chi connectivity index (χ4n) is 6.08. The molecule has 0 aromatic heterocycles. The van der Waals surface area contributed by atoms with Gasteiger partial charge in [0.2, 0.25) is 0 Å². The monoisotopic (exact) mass is 841 g/mol. The minimum Gasteiger partial charge on any atom is -0.457 e. The molecule has 1 rings (SSSR count). The van der Waals surface area contributed by atoms with Crippen LogP contribution in [0.3, 0.4) is 0 Å². The molecular formula is C45H76O12S. The molecule has 0 aliphatic carbocycles. The van der Waals surface area contributed by atoms with Gasteiger partial charge in [0.1, 0.15) is 30.5 Å². The van der Waals surface area contributed by atoms with Crippen molar-refractivity contribution in [2.75, 3.05) is 26.4 Å². The van der Waals surface area contributed by atoms with Gasteiger partial charge in [-0.05, 0) is 70.6 Å². The summed E-state index contributed by atoms with van der Waals surface area (Å²) in [5.74, 6) is -0.436. The first-order valence-electron chi connectivity index (χ1n) is 21.7. The van der Waals surface area contributed by atoms with Gasteiger partial charge < -0.3 is 34.3 Å². The van der Waals surface area contributed by atoms with Gasteiger partial charge >= 0.3 is 16.4 Å². The van der Waals surface area contributed by atoms with E-state index >= 15 is 0 Å². The molecule has 13 heteroatoms. The fraction of sp³-hybridized carbons (Fsp3) is 0.711. The molecule has 6 atom stereocenters. The lowest BCUT2D eigenvalue weighted by Crippen LogP contribution is -2.60. The number of rotatable bonds is 36. The number of esters is 1. The lowest BCUT2D eigenvalue weighted by molar-refractivity contribution is -0.301. The molecule has 12 nitrogen and oxygen atoms in total. The molecule has 1 saturated heterocycles. The van der Waals surface area contributed by atoms with Gasteiger partial charge in [0.05, 0.1) is 26.4 Å². The fourth-order valence-corrected chi connectivity index (χ4v) is 6.59. The van der Waals surface area contributed by atoms with Crippen molar-refractivity contribution in [2.24, 2.45) is 0 Å². The number of aliphatic hydroxyl groups excluding tert-OH is 3. The highest BCUT2D eigenvalue weighted by Crippen LogP contribution is 2.26. The normalized spacial score (nSPS) is 21.2. The molecule has 58 heavy (non-hydrogen) atoms. The van der Waals surface area contributed by atoms with Crippen LogP contribution in [-0.2, 0) is 38.3 Å². The Hall–Kier alpha value is -2.46. The highest BCUT2D eigenvalue weighted by molar-refractivity contribution is 7.80. The molecule has 1 heterocycles. The van der Waals surface area contributed by atoms with Crippen LogP contribution in [0, 0.1) is 0 Å². The van der Waals surface area contributed by atoms with E-state index in [0.29, 0.717) is 19.4 Å². The summed E-state index contributed by atoms with van der Waals surface area (Å²) in [6.45, 7) is 3.61. The van der Waals surface area contributed by atoms with E-state index in [-0.39, 0.29) is 19.6 Å². The van der Waals surface area contributed by atoms with Gasteiger partial charge in [0.25, 0.3) is 0 Å². The van der Waals surface area contributed by atoms with Crippen molar-refractivity contribution >= 4 is 16.4 Å². The van der Waals surface area contributed by atoms with Gasteiger partial charge in [-0.2, -0.15) is 8.42 Å². The number of carbonyl (C=O) groups is 1. The first-order valence-corrected chi connectivity index (χ1v) is 23.1. The molecule has 0 bridgehead atoms. The molecule has 4 N–H and O–H groups in total. The summed E-state index contributed by atoms with van der Waals surface area (Å²) in [4.78, 5) is 12.8. The van der Waals surface area contributed by atoms with E-state index in [9.17, 15) is 28.5 Å². The van der Waals surface area contributed by atoms with E-state index in [1.807, 2.05) is 12.2 Å². The van der Waals surface area contributed by atoms with E-state index in [4.69, 9.17) is 23.5 Å². The molecule has 0 aromatic rings. The summed E-state index contributed by atoms with van der Waals surface area (Å²) in [5, 5.41) is 30.6. The Morgan fingerprint density at radius 1 is 0.672 bits per heavy atom. The van der Waals surface area contributed by atoms with Crippen LogP contribution in [0.25, 0.3) is 0 Å². The second-order valence-electron chi connectivity index (χ2n) is 14.5. The molecule has 334 valence electrons. The number of unbranched alkanes of at least 4 members (excludes halogenated alkanes) is 11. The van der Waals surface area contributed by atoms with Gasteiger partial charge in [0.15, 0.2) is 6.29 Å². The molecule has 0 radical (unpaired) electrons. The molecule has 0 aromatic carbocycles. The number of hydrogen-bond acceptors (Lipinski definition) is 11. The standard InChI is InChI=1S/C45H76O12S/c1-3-5-7-9-11-13-15-17-19-21-23-25-27-29-31-33-35-53-37-39(38-54-45-43(49)44(57-58(50,51)52)42(48)40(36-46)56-45)55-41(47)34-32-30-28-26-24-22-20-18-16-14-12-10-8-6-4-2/h5,7,11,13,17-20,23,25,29,31,39-40,42-46,48-49H,3-4,6,8-10,12,14-16,21-22,24,26-28,30,32-38H2,1-2H3,(H,50,51,52)/b7-5-,13-11-,19-17-,20-18-,25-23-,31-29-. The summed E-state index contributed by atoms with van der Waals surface area (Å²) in [5.41, 5.74) is 0. The van der Waals surface area contributed by atoms with E-state index in [0.717, 1.165) is 70.6 Å². The molecular weight excluding hydrogens is 765 g/mol. The highest BCUT2D eigenvalue weighted by atomic mass is 32.3. The third-order valence-electron chi connectivity index (χ3n) is 9.33. The summed E-state index contributed by atoms with van der Waals surface area (Å²) in [6, 6.07) is 0. The van der Waals surface area contributed by atoms with Crippen LogP contribution >= 0.6 is 0 Å². The Labute approximate surface area is 350 Å². The summed E-state index contributed by atoms with van der Waals surface area (Å²) in [7, 11) is -5.07. The molecule has 1 aliphatic rings. The van der Waals surface area contributed by atoms with Gasteiger partial charge in [0, 0.05) is 6.42 Å². The Kier molecular flexibility index (Phi) is 33.6. The van der Waals surface area contributed by atoms with E-state index < -0.39 is 59.8 Å². The first kappa shape index (κ1) is 53.6. The maximum Gasteiger partial charge on any atom is 0.397 e. The number of aliphatic hydroxyl groups is 3. The second kappa shape index (κ2) is 36.4. The quantitative estimate of drug-likeness (QED) is 0.0204. The molecule has 0 spiro atoms. The second-order valence-corrected chi connectivity index (χ2v) is 15.6. The summed E-state index contributed by atoms with van der Waals surface area (Å²) < 4.78 is 58.8. The predicted molar refractivity (Wildman–Crippen MR) is 229 cm³/mol. The van der Waals surface area contributed by atoms with E-state index in [2.05, 4.69) is 78.8 Å². The third-order valence-corrected chi connectivity index (χ3v) is 9.80. The first-order chi connectivity index (χ1) is 28.1. The van der Waals surface area contributed by atoms with Crippen molar-refractivity contribution in [3.63, 3.8) is 0 Å². The average Bonchev–Trinajstić information content (AvgIpc) is 3.19. The molecule has 1 aliphatic heterocycles. The Balaban J connectivity index is 2.52. The lowest BCUT2D eigenvalue weighted by atomic mass is 9.99. The Morgan fingerprint density at radius 3 is 1.74 bits per heavy atom. The average molecular weight is 841 g/mol. The van der Waals surface area contributed by atoms with Crippen LogP contribution in [0.1, 0.15) is 142 Å². The number of allylic oxidation sites excluding steroid dienone is 11. The topological polar surface area (TPSA) is 178 Å². The number of ether oxygens (including phenoxy) is 4. The minimum absolute atomic E-state index is 0.0252. The van der Waals surface area contributed by atoms with Crippen LogP contribution in [-0.4, -0.2) is 97.5 Å². The Morgan fingerprint density at radius 2 is 1.19 bits per heavy atom. The zero-order valence-electron chi connectivity index (χ0n) is 35.3. The maximum atomic E-state index is 12.8. The van der Waals surface area contributed by atoms with E-state index in [1.54, 1.807) is 0 Å². The van der Waals surface area contributed by atoms with Gasteiger partial charge in [-0.15, -0.1) is 0 Å². The van der Waals surface area contributed by atoms with Crippen molar-refractivity contribution in [3.8, 4) is 0 Å². The Bertz CT molecular complexity index is 1290. The summed E-state index contributed by atoms with van der Waals surface area (Å²) in [6.07, 6.45) is 36.7. The molecule has 6 unspecified atom stereocenters.